The molecule has 0 saturated heterocycles. The number of aromatic nitrogens is 2. The van der Waals surface area contributed by atoms with E-state index in [1.807, 2.05) is 26.5 Å². The molecule has 5 atom stereocenters. The molecule has 1 aliphatic carbocycles. The van der Waals surface area contributed by atoms with Crippen molar-refractivity contribution in [1.29, 1.82) is 0 Å². The fourth-order valence-electron chi connectivity index (χ4n) is 4.16. The van der Waals surface area contributed by atoms with Gasteiger partial charge in [-0.2, -0.15) is 0 Å². The molecule has 2 rings (SSSR count). The number of aryl methyl sites for hydroxylation is 1. The molecule has 3 N–H and O–H groups in total. The van der Waals surface area contributed by atoms with Crippen LogP contribution in [-0.4, -0.2) is 31.7 Å². The van der Waals surface area contributed by atoms with Gasteiger partial charge >= 0.3 is 219 Å². The molecule has 1 heterocycles. The quantitative estimate of drug-likeness (QED) is 0.104. The van der Waals surface area contributed by atoms with Gasteiger partial charge in [0.25, 0.3) is 0 Å². The number of nitrogens with one attached hydrogen (secondary N) is 1. The summed E-state index contributed by atoms with van der Waals surface area (Å²) in [6, 6.07) is 0.118. The van der Waals surface area contributed by atoms with Gasteiger partial charge in [0.2, 0.25) is 0 Å². The van der Waals surface area contributed by atoms with Crippen LogP contribution in [0.25, 0.3) is 0 Å². The van der Waals surface area contributed by atoms with Crippen LogP contribution in [0.1, 0.15) is 71.0 Å². The van der Waals surface area contributed by atoms with Crippen molar-refractivity contribution in [2.45, 2.75) is 76.3 Å². The predicted octanol–water partition coefficient (Wildman–Crippen LogP) is 2.71. The van der Waals surface area contributed by atoms with Crippen LogP contribution in [0.15, 0.2) is 54.5 Å². The summed E-state index contributed by atoms with van der Waals surface area (Å²) in [5.41, 5.74) is 10.8. The minimum absolute atomic E-state index is 0.0628. The number of alkyl halides is 2. The minimum atomic E-state index is 0.0628. The van der Waals surface area contributed by atoms with Gasteiger partial charge in [0, 0.05) is 0 Å². The molecule has 34 heavy (non-hydrogen) atoms. The van der Waals surface area contributed by atoms with Crippen molar-refractivity contribution in [1.82, 2.24) is 14.9 Å². The average molecular weight is 582 g/mol. The van der Waals surface area contributed by atoms with E-state index in [1.54, 1.807) is 0 Å². The molecule has 1 aliphatic rings. The molecule has 0 amide bonds. The summed E-state index contributed by atoms with van der Waals surface area (Å²) in [5, 5.41) is 3.03. The van der Waals surface area contributed by atoms with Gasteiger partial charge in [-0.25, -0.2) is 0 Å². The monoisotopic (exact) mass is 581 g/mol. The first-order valence-electron chi connectivity index (χ1n) is 12.9. The number of nitrogens with two attached hydrogens (primary N) is 1. The Bertz CT molecular complexity index is 824. The molecule has 1 aromatic heterocycles. The fraction of sp³-hybridized carbons (Fsp3) is 0.643. The van der Waals surface area contributed by atoms with E-state index in [0.29, 0.717) is 15.9 Å². The molecule has 6 heteroatoms. The first-order chi connectivity index (χ1) is 16.4. The van der Waals surface area contributed by atoms with Crippen molar-refractivity contribution in [3.63, 3.8) is 0 Å². The van der Waals surface area contributed by atoms with Gasteiger partial charge in [-0.1, -0.05) is 0 Å². The Morgan fingerprint density at radius 3 is 2.79 bits per heavy atom. The van der Waals surface area contributed by atoms with E-state index in [2.05, 4.69) is 71.9 Å². The Labute approximate surface area is 218 Å². The van der Waals surface area contributed by atoms with E-state index in [-0.39, 0.29) is 27.2 Å². The van der Waals surface area contributed by atoms with E-state index in [0.717, 1.165) is 36.8 Å². The van der Waals surface area contributed by atoms with E-state index < -0.39 is 0 Å². The van der Waals surface area contributed by atoms with E-state index in [1.165, 1.54) is 30.1 Å². The molecule has 0 fully saturated rings. The second-order valence-electron chi connectivity index (χ2n) is 9.49. The van der Waals surface area contributed by atoms with Crippen molar-refractivity contribution in [2.75, 3.05) is 18.1 Å². The van der Waals surface area contributed by atoms with Crippen LogP contribution in [0, 0.1) is 24.7 Å². The third-order valence-electron chi connectivity index (χ3n) is 6.56. The number of ether oxygens (including phenoxy) is 1. The number of hydrogen-bond acceptors (Lipinski definition) is 4. The Morgan fingerprint density at radius 2 is 2.15 bits per heavy atom. The average Bonchev–Trinajstić information content (AvgIpc) is 3.27. The summed E-state index contributed by atoms with van der Waals surface area (Å²) < 4.78 is 10.1. The Balaban J connectivity index is 1.68. The standard InChI is InChI=1S/C28H46IN4O/c1-6-26(33-20-24(4)32-21-33)27(15-18-31-5)34-19-16-22(2)14-17-29-28(30)13-12-23(3)25-10-8-7-9-11-25/h7-10,18,20-23,25-26,28,31H,6,11-14,16-17,19,30H2,1-5H3/q-1/t15?,22-,23?,25?,26+,28+/m1/s1. The van der Waals surface area contributed by atoms with E-state index in [9.17, 15) is 0 Å². The summed E-state index contributed by atoms with van der Waals surface area (Å²) >= 11 is 0.0628. The van der Waals surface area contributed by atoms with Crippen molar-refractivity contribution >= 4 is 0 Å². The van der Waals surface area contributed by atoms with Gasteiger partial charge in [-0.3, -0.25) is 0 Å². The van der Waals surface area contributed by atoms with Gasteiger partial charge in [0.05, 0.1) is 0 Å². The first kappa shape index (κ1) is 28.7. The Hall–Kier alpha value is -1.50. The maximum atomic E-state index is 6.49. The molecule has 0 aromatic carbocycles. The molecule has 0 radical (unpaired) electrons. The second kappa shape index (κ2) is 16.2. The third kappa shape index (κ3) is 10.4. The van der Waals surface area contributed by atoms with E-state index in [4.69, 9.17) is 10.5 Å². The summed E-state index contributed by atoms with van der Waals surface area (Å²) in [7, 11) is 1.88. The van der Waals surface area contributed by atoms with E-state index >= 15 is 0 Å². The molecule has 1 aromatic rings. The number of halogens is 1. The molecule has 0 spiro atoms. The number of rotatable bonds is 16. The second-order valence-corrected chi connectivity index (χ2v) is 13.0. The number of imidazole rings is 1. The number of allylic oxidation sites excluding steroid dienone is 5. The Morgan fingerprint density at radius 1 is 1.32 bits per heavy atom. The third-order valence-corrected chi connectivity index (χ3v) is 9.56. The maximum absolute atomic E-state index is 6.49. The Kier molecular flexibility index (Phi) is 13.7. The summed E-state index contributed by atoms with van der Waals surface area (Å²) in [4.78, 5) is 4.38. The number of hydrogen-bond donors (Lipinski definition) is 2. The number of nitrogens with zero attached hydrogens (tertiary/aromatic N) is 2. The summed E-state index contributed by atoms with van der Waals surface area (Å²) in [5.74, 6) is 2.94. The molecule has 192 valence electrons. The van der Waals surface area contributed by atoms with Crippen LogP contribution in [0.5, 0.6) is 0 Å². The van der Waals surface area contributed by atoms with Gasteiger partial charge < -0.3 is 0 Å². The molecular weight excluding hydrogens is 535 g/mol. The van der Waals surface area contributed by atoms with Crippen LogP contribution in [-0.2, 0) is 4.74 Å². The molecule has 5 nitrogen and oxygen atoms in total. The van der Waals surface area contributed by atoms with Crippen molar-refractivity contribution < 1.29 is 25.9 Å². The molecule has 2 unspecified atom stereocenters. The molecule has 0 saturated carbocycles. The zero-order valence-corrected chi connectivity index (χ0v) is 24.0. The van der Waals surface area contributed by atoms with Crippen LogP contribution in [0.4, 0.5) is 0 Å². The van der Waals surface area contributed by atoms with Crippen LogP contribution >= 0.6 is 0 Å². The van der Waals surface area contributed by atoms with Crippen molar-refractivity contribution in [3.8, 4) is 0 Å². The van der Waals surface area contributed by atoms with Crippen molar-refractivity contribution in [3.05, 3.63) is 60.2 Å². The summed E-state index contributed by atoms with van der Waals surface area (Å²) in [6.45, 7) is 9.62. The predicted molar refractivity (Wildman–Crippen MR) is 139 cm³/mol. The SMILES string of the molecule is CC[C@@H](C(=C=CNC)OCC[C@H](C)CC[I-][C@@H](N)CCC(C)C1C=CC=CC1)n1cnc(C)c1. The van der Waals surface area contributed by atoms with Crippen LogP contribution in [0.3, 0.4) is 0 Å². The molecular formula is C28H46IN4O-. The fourth-order valence-corrected chi connectivity index (χ4v) is 7.18. The van der Waals surface area contributed by atoms with Gasteiger partial charge in [-0.05, 0) is 0 Å². The molecule has 0 aliphatic heterocycles. The van der Waals surface area contributed by atoms with Crippen molar-refractivity contribution in [2.24, 2.45) is 23.5 Å². The zero-order valence-electron chi connectivity index (χ0n) is 21.8. The van der Waals surface area contributed by atoms with Crippen LogP contribution < -0.4 is 32.3 Å². The summed E-state index contributed by atoms with van der Waals surface area (Å²) in [6.07, 6.45) is 21.6. The first-order valence-corrected chi connectivity index (χ1v) is 15.6. The molecule has 0 bridgehead atoms. The van der Waals surface area contributed by atoms with Gasteiger partial charge in [0.1, 0.15) is 0 Å². The van der Waals surface area contributed by atoms with Gasteiger partial charge in [-0.15, -0.1) is 0 Å². The topological polar surface area (TPSA) is 65.1 Å². The van der Waals surface area contributed by atoms with Crippen LogP contribution in [0.2, 0.25) is 0 Å². The van der Waals surface area contributed by atoms with Gasteiger partial charge in [0.15, 0.2) is 0 Å². The zero-order chi connectivity index (χ0) is 24.8. The normalized spacial score (nSPS) is 18.7.